The van der Waals surface area contributed by atoms with Crippen molar-refractivity contribution in [2.45, 2.75) is 13.1 Å². The van der Waals surface area contributed by atoms with Crippen LogP contribution in [0.4, 0.5) is 16.3 Å². The summed E-state index contributed by atoms with van der Waals surface area (Å²) in [4.78, 5) is 19.6. The number of carbonyl (C=O) groups is 1. The molecule has 128 valence electrons. The van der Waals surface area contributed by atoms with E-state index < -0.39 is 0 Å². The fourth-order valence-corrected chi connectivity index (χ4v) is 3.79. The highest BCUT2D eigenvalue weighted by atomic mass is 35.5. The molecule has 2 amide bonds. The zero-order valence-corrected chi connectivity index (χ0v) is 14.9. The van der Waals surface area contributed by atoms with Gasteiger partial charge in [-0.3, -0.25) is 10.00 Å². The van der Waals surface area contributed by atoms with Crippen molar-refractivity contribution in [3.05, 3.63) is 46.1 Å². The number of nitrogen functional groups attached to an aromatic ring is 1. The number of urea groups is 1. The number of aromatic nitrogens is 3. The van der Waals surface area contributed by atoms with Gasteiger partial charge in [-0.05, 0) is 24.3 Å². The number of carbonyl (C=O) groups excluding carboxylic acids is 1. The van der Waals surface area contributed by atoms with Crippen LogP contribution in [-0.4, -0.2) is 25.7 Å². The third kappa shape index (κ3) is 3.06. The molecule has 0 aromatic carbocycles. The number of nitrogens with zero attached hydrogens (tertiary/aromatic N) is 4. The Morgan fingerprint density at radius 2 is 2.16 bits per heavy atom. The molecule has 0 atom stereocenters. The molecule has 3 aromatic heterocycles. The Morgan fingerprint density at radius 3 is 2.88 bits per heavy atom. The van der Waals surface area contributed by atoms with Crippen molar-refractivity contribution in [3.8, 4) is 10.6 Å². The van der Waals surface area contributed by atoms with E-state index in [4.69, 9.17) is 17.3 Å². The molecule has 0 aliphatic carbocycles. The van der Waals surface area contributed by atoms with Crippen LogP contribution >= 0.6 is 22.9 Å². The smallest absolute Gasteiger partial charge is 0.323 e. The highest BCUT2D eigenvalue weighted by molar-refractivity contribution is 7.19. The van der Waals surface area contributed by atoms with Crippen LogP contribution in [0.25, 0.3) is 10.6 Å². The van der Waals surface area contributed by atoms with Gasteiger partial charge in [-0.2, -0.15) is 5.10 Å². The maximum absolute atomic E-state index is 12.5. The summed E-state index contributed by atoms with van der Waals surface area (Å²) < 4.78 is 2.44. The van der Waals surface area contributed by atoms with Crippen molar-refractivity contribution in [2.75, 3.05) is 11.1 Å². The van der Waals surface area contributed by atoms with Gasteiger partial charge in [0.05, 0.1) is 39.4 Å². The van der Waals surface area contributed by atoms with Gasteiger partial charge in [0.1, 0.15) is 0 Å². The molecule has 1 aliphatic heterocycles. The average molecular weight is 375 g/mol. The maximum atomic E-state index is 12.5. The van der Waals surface area contributed by atoms with Gasteiger partial charge in [-0.15, -0.1) is 11.3 Å². The maximum Gasteiger partial charge on any atom is 0.323 e. The third-order valence-electron chi connectivity index (χ3n) is 3.96. The second-order valence-electron chi connectivity index (χ2n) is 5.80. The zero-order chi connectivity index (χ0) is 17.6. The number of aryl methyl sites for hydroxylation is 1. The van der Waals surface area contributed by atoms with Crippen LogP contribution in [-0.2, 0) is 20.1 Å². The number of nitrogens with two attached hydrogens (primary N) is 1. The number of amides is 2. The van der Waals surface area contributed by atoms with Gasteiger partial charge in [0, 0.05) is 18.8 Å². The SMILES string of the molecule is Cn1cc2c(n1)CN(C(=O)Nc1nc(-c3ccc(Cl)s3)ccc1N)C2. The first kappa shape index (κ1) is 15.9. The third-order valence-corrected chi connectivity index (χ3v) is 5.21. The Morgan fingerprint density at radius 1 is 1.32 bits per heavy atom. The standard InChI is InChI=1S/C16H15ClN6OS/c1-22-6-9-7-23(8-12(9)21-22)16(24)20-15-10(18)2-3-11(19-15)13-4-5-14(17)25-13/h2-6H,7-8,18H2,1H3,(H,19,20,24). The van der Waals surface area contributed by atoms with E-state index in [1.54, 1.807) is 15.6 Å². The molecular weight excluding hydrogens is 360 g/mol. The molecule has 4 heterocycles. The van der Waals surface area contributed by atoms with Crippen LogP contribution in [0.2, 0.25) is 4.34 Å². The molecule has 0 spiro atoms. The van der Waals surface area contributed by atoms with Gasteiger partial charge < -0.3 is 10.6 Å². The van der Waals surface area contributed by atoms with Crippen LogP contribution in [0, 0.1) is 0 Å². The summed E-state index contributed by atoms with van der Waals surface area (Å²) in [5, 5.41) is 7.14. The van der Waals surface area contributed by atoms with Crippen LogP contribution in [0.15, 0.2) is 30.5 Å². The number of anilines is 2. The summed E-state index contributed by atoms with van der Waals surface area (Å²) in [6, 6.07) is 6.99. The van der Waals surface area contributed by atoms with Gasteiger partial charge in [0.25, 0.3) is 0 Å². The number of fused-ring (bicyclic) bond motifs is 1. The molecule has 0 radical (unpaired) electrons. The van der Waals surface area contributed by atoms with Gasteiger partial charge in [-0.25, -0.2) is 9.78 Å². The van der Waals surface area contributed by atoms with Crippen LogP contribution in [0.5, 0.6) is 0 Å². The normalized spacial score (nSPS) is 13.1. The molecule has 7 nitrogen and oxygen atoms in total. The number of halogens is 1. The number of thiophene rings is 1. The fourth-order valence-electron chi connectivity index (χ4n) is 2.77. The number of nitrogens with one attached hydrogen (secondary N) is 1. The van der Waals surface area contributed by atoms with Crippen molar-refractivity contribution in [1.29, 1.82) is 0 Å². The van der Waals surface area contributed by atoms with E-state index in [9.17, 15) is 4.79 Å². The minimum absolute atomic E-state index is 0.249. The first-order chi connectivity index (χ1) is 12.0. The first-order valence-electron chi connectivity index (χ1n) is 7.59. The van der Waals surface area contributed by atoms with Crippen LogP contribution in [0.3, 0.4) is 0 Å². The van der Waals surface area contributed by atoms with E-state index in [-0.39, 0.29) is 6.03 Å². The molecule has 3 N–H and O–H groups in total. The molecule has 0 unspecified atom stereocenters. The Bertz CT molecular complexity index is 942. The molecule has 9 heteroatoms. The summed E-state index contributed by atoms with van der Waals surface area (Å²) >= 11 is 7.40. The van der Waals surface area contributed by atoms with E-state index in [0.717, 1.165) is 16.1 Å². The summed E-state index contributed by atoms with van der Waals surface area (Å²) in [6.45, 7) is 0.997. The summed E-state index contributed by atoms with van der Waals surface area (Å²) in [5.74, 6) is 0.345. The second-order valence-corrected chi connectivity index (χ2v) is 7.51. The van der Waals surface area contributed by atoms with E-state index >= 15 is 0 Å². The lowest BCUT2D eigenvalue weighted by molar-refractivity contribution is 0.211. The highest BCUT2D eigenvalue weighted by Gasteiger charge is 2.26. The Labute approximate surface area is 153 Å². The lowest BCUT2D eigenvalue weighted by Crippen LogP contribution is -2.31. The van der Waals surface area contributed by atoms with Crippen molar-refractivity contribution in [1.82, 2.24) is 19.7 Å². The molecule has 0 saturated heterocycles. The van der Waals surface area contributed by atoms with Crippen LogP contribution in [0.1, 0.15) is 11.3 Å². The summed E-state index contributed by atoms with van der Waals surface area (Å²) in [6.07, 6.45) is 1.93. The lowest BCUT2D eigenvalue weighted by atomic mass is 10.3. The predicted molar refractivity (Wildman–Crippen MR) is 98.4 cm³/mol. The fraction of sp³-hybridized carbons (Fsp3) is 0.188. The van der Waals surface area contributed by atoms with Crippen molar-refractivity contribution >= 4 is 40.5 Å². The molecular formula is C16H15ClN6OS. The topological polar surface area (TPSA) is 89.1 Å². The number of hydrogen-bond donors (Lipinski definition) is 2. The van der Waals surface area contributed by atoms with E-state index in [0.29, 0.717) is 34.6 Å². The molecule has 0 bridgehead atoms. The minimum Gasteiger partial charge on any atom is -0.396 e. The van der Waals surface area contributed by atoms with E-state index in [2.05, 4.69) is 15.4 Å². The quantitative estimate of drug-likeness (QED) is 0.720. The highest BCUT2D eigenvalue weighted by Crippen LogP contribution is 2.32. The molecule has 3 aromatic rings. The molecule has 4 rings (SSSR count). The van der Waals surface area contributed by atoms with Crippen molar-refractivity contribution in [2.24, 2.45) is 7.05 Å². The molecule has 1 aliphatic rings. The predicted octanol–water partition coefficient (Wildman–Crippen LogP) is 3.33. The summed E-state index contributed by atoms with van der Waals surface area (Å²) in [5.41, 5.74) is 9.07. The largest absolute Gasteiger partial charge is 0.396 e. The van der Waals surface area contributed by atoms with Crippen molar-refractivity contribution < 1.29 is 4.79 Å². The first-order valence-corrected chi connectivity index (χ1v) is 8.78. The van der Waals surface area contributed by atoms with E-state index in [1.165, 1.54) is 11.3 Å². The van der Waals surface area contributed by atoms with Gasteiger partial charge in [0.15, 0.2) is 5.82 Å². The number of hydrogen-bond acceptors (Lipinski definition) is 5. The molecule has 0 saturated carbocycles. The Balaban J connectivity index is 1.52. The van der Waals surface area contributed by atoms with Gasteiger partial charge >= 0.3 is 6.03 Å². The minimum atomic E-state index is -0.249. The van der Waals surface area contributed by atoms with Crippen molar-refractivity contribution in [3.63, 3.8) is 0 Å². The number of rotatable bonds is 2. The molecule has 25 heavy (non-hydrogen) atoms. The second kappa shape index (κ2) is 6.05. The summed E-state index contributed by atoms with van der Waals surface area (Å²) in [7, 11) is 1.87. The zero-order valence-electron chi connectivity index (χ0n) is 13.4. The van der Waals surface area contributed by atoms with E-state index in [1.807, 2.05) is 31.4 Å². The van der Waals surface area contributed by atoms with Crippen LogP contribution < -0.4 is 11.1 Å². The molecule has 0 fully saturated rings. The lowest BCUT2D eigenvalue weighted by Gasteiger charge is -2.17. The monoisotopic (exact) mass is 374 g/mol. The number of pyridine rings is 1. The Hall–Kier alpha value is -2.58. The van der Waals surface area contributed by atoms with Gasteiger partial charge in [-0.1, -0.05) is 11.6 Å². The van der Waals surface area contributed by atoms with Gasteiger partial charge in [0.2, 0.25) is 0 Å². The average Bonchev–Trinajstić information content (AvgIpc) is 3.23. The Kier molecular flexibility index (Phi) is 3.85.